The topological polar surface area (TPSA) is 113 Å². The number of rotatable bonds is 6. The lowest BCUT2D eigenvalue weighted by atomic mass is 10.3. The number of hydrogen-bond donors (Lipinski definition) is 4. The lowest BCUT2D eigenvalue weighted by molar-refractivity contribution is -0.123. The minimum absolute atomic E-state index is 0.135. The lowest BCUT2D eigenvalue weighted by Crippen LogP contribution is -2.47. The third-order valence-corrected chi connectivity index (χ3v) is 1.77. The van der Waals surface area contributed by atoms with Gasteiger partial charge in [0.05, 0.1) is 12.6 Å². The SMILES string of the molecule is CCCNC(=O)C(C)NCC(=O)NC(N)=O. The highest BCUT2D eigenvalue weighted by atomic mass is 16.2. The van der Waals surface area contributed by atoms with Crippen LogP contribution >= 0.6 is 0 Å². The van der Waals surface area contributed by atoms with Crippen LogP contribution in [0.5, 0.6) is 0 Å². The molecular weight excluding hydrogens is 212 g/mol. The standard InChI is InChI=1S/C9H18N4O3/c1-3-4-11-8(15)6(2)12-5-7(14)13-9(10)16/h6,12H,3-5H2,1-2H3,(H,11,15)(H3,10,13,14,16). The Bertz CT molecular complexity index is 267. The third-order valence-electron chi connectivity index (χ3n) is 1.77. The van der Waals surface area contributed by atoms with Crippen molar-refractivity contribution in [3.63, 3.8) is 0 Å². The van der Waals surface area contributed by atoms with E-state index in [2.05, 4.69) is 10.6 Å². The molecule has 0 aliphatic rings. The van der Waals surface area contributed by atoms with E-state index in [0.29, 0.717) is 6.54 Å². The van der Waals surface area contributed by atoms with Crippen LogP contribution in [0.2, 0.25) is 0 Å². The second kappa shape index (κ2) is 7.63. The number of amides is 4. The Hall–Kier alpha value is -1.63. The smallest absolute Gasteiger partial charge is 0.318 e. The number of imide groups is 1. The molecule has 0 aromatic heterocycles. The highest BCUT2D eigenvalue weighted by Crippen LogP contribution is 1.82. The molecule has 0 aliphatic heterocycles. The first-order valence-electron chi connectivity index (χ1n) is 5.07. The minimum atomic E-state index is -0.908. The summed E-state index contributed by atoms with van der Waals surface area (Å²) >= 11 is 0. The van der Waals surface area contributed by atoms with Gasteiger partial charge in [0.1, 0.15) is 0 Å². The zero-order chi connectivity index (χ0) is 12.6. The summed E-state index contributed by atoms with van der Waals surface area (Å²) in [5, 5.41) is 7.22. The third kappa shape index (κ3) is 6.77. The molecule has 7 nitrogen and oxygen atoms in total. The van der Waals surface area contributed by atoms with Crippen molar-refractivity contribution in [3.8, 4) is 0 Å². The lowest BCUT2D eigenvalue weighted by Gasteiger charge is -2.12. The van der Waals surface area contributed by atoms with Gasteiger partial charge < -0.3 is 11.1 Å². The molecular formula is C9H18N4O3. The summed E-state index contributed by atoms with van der Waals surface area (Å²) in [7, 11) is 0. The number of primary amides is 1. The number of nitrogens with one attached hydrogen (secondary N) is 3. The van der Waals surface area contributed by atoms with Crippen LogP contribution in [0, 0.1) is 0 Å². The second-order valence-electron chi connectivity index (χ2n) is 3.31. The molecule has 0 rings (SSSR count). The molecule has 0 spiro atoms. The summed E-state index contributed by atoms with van der Waals surface area (Å²) < 4.78 is 0. The number of urea groups is 1. The molecule has 0 aromatic rings. The fraction of sp³-hybridized carbons (Fsp3) is 0.667. The molecule has 0 saturated heterocycles. The van der Waals surface area contributed by atoms with Crippen molar-refractivity contribution in [2.24, 2.45) is 5.73 Å². The van der Waals surface area contributed by atoms with E-state index in [9.17, 15) is 14.4 Å². The molecule has 4 amide bonds. The maximum Gasteiger partial charge on any atom is 0.318 e. The summed E-state index contributed by atoms with van der Waals surface area (Å²) in [4.78, 5) is 32.6. The molecule has 16 heavy (non-hydrogen) atoms. The van der Waals surface area contributed by atoms with Gasteiger partial charge in [-0.15, -0.1) is 0 Å². The Labute approximate surface area is 94.1 Å². The van der Waals surface area contributed by atoms with Crippen LogP contribution in [0.1, 0.15) is 20.3 Å². The molecule has 1 unspecified atom stereocenters. The first kappa shape index (κ1) is 14.4. The van der Waals surface area contributed by atoms with Gasteiger partial charge in [-0.05, 0) is 13.3 Å². The zero-order valence-electron chi connectivity index (χ0n) is 9.50. The average molecular weight is 230 g/mol. The van der Waals surface area contributed by atoms with Gasteiger partial charge in [0.25, 0.3) is 0 Å². The molecule has 92 valence electrons. The van der Waals surface area contributed by atoms with Gasteiger partial charge in [0, 0.05) is 6.54 Å². The molecule has 1 atom stereocenters. The molecule has 0 radical (unpaired) electrons. The number of carbonyl (C=O) groups is 3. The van der Waals surface area contributed by atoms with Crippen LogP contribution in [0.15, 0.2) is 0 Å². The van der Waals surface area contributed by atoms with Gasteiger partial charge in [-0.25, -0.2) is 4.79 Å². The van der Waals surface area contributed by atoms with E-state index < -0.39 is 18.0 Å². The van der Waals surface area contributed by atoms with Gasteiger partial charge in [-0.3, -0.25) is 20.2 Å². The Kier molecular flexibility index (Phi) is 6.86. The minimum Gasteiger partial charge on any atom is -0.355 e. The van der Waals surface area contributed by atoms with Crippen molar-refractivity contribution in [2.45, 2.75) is 26.3 Å². The zero-order valence-corrected chi connectivity index (χ0v) is 9.50. The van der Waals surface area contributed by atoms with Gasteiger partial charge in [-0.2, -0.15) is 0 Å². The molecule has 0 fully saturated rings. The fourth-order valence-corrected chi connectivity index (χ4v) is 0.921. The summed E-state index contributed by atoms with van der Waals surface area (Å²) in [5.41, 5.74) is 4.75. The summed E-state index contributed by atoms with van der Waals surface area (Å²) in [6, 6.07) is -1.40. The average Bonchev–Trinajstić information content (AvgIpc) is 2.21. The van der Waals surface area contributed by atoms with Crippen molar-refractivity contribution < 1.29 is 14.4 Å². The summed E-state index contributed by atoms with van der Waals surface area (Å²) in [6.07, 6.45) is 0.848. The van der Waals surface area contributed by atoms with Crippen LogP contribution in [0.25, 0.3) is 0 Å². The molecule has 0 saturated carbocycles. The van der Waals surface area contributed by atoms with E-state index in [0.717, 1.165) is 6.42 Å². The Balaban J connectivity index is 3.79. The summed E-state index contributed by atoms with van der Waals surface area (Å²) in [6.45, 7) is 4.03. The van der Waals surface area contributed by atoms with Crippen LogP contribution in [-0.2, 0) is 9.59 Å². The van der Waals surface area contributed by atoms with E-state index in [1.54, 1.807) is 6.92 Å². The van der Waals surface area contributed by atoms with E-state index >= 15 is 0 Å². The number of nitrogens with two attached hydrogens (primary N) is 1. The van der Waals surface area contributed by atoms with Crippen LogP contribution in [0.3, 0.4) is 0 Å². The predicted octanol–water partition coefficient (Wildman–Crippen LogP) is -1.31. The van der Waals surface area contributed by atoms with Gasteiger partial charge >= 0.3 is 6.03 Å². The van der Waals surface area contributed by atoms with Gasteiger partial charge in [0.2, 0.25) is 11.8 Å². The Morgan fingerprint density at radius 3 is 2.44 bits per heavy atom. The highest BCUT2D eigenvalue weighted by molar-refractivity contribution is 5.94. The Morgan fingerprint density at radius 1 is 1.31 bits per heavy atom. The highest BCUT2D eigenvalue weighted by Gasteiger charge is 2.13. The first-order chi connectivity index (χ1) is 7.47. The van der Waals surface area contributed by atoms with Crippen LogP contribution < -0.4 is 21.7 Å². The van der Waals surface area contributed by atoms with Gasteiger partial charge in [-0.1, -0.05) is 6.92 Å². The molecule has 7 heteroatoms. The number of carbonyl (C=O) groups excluding carboxylic acids is 3. The van der Waals surface area contributed by atoms with E-state index in [1.165, 1.54) is 0 Å². The Morgan fingerprint density at radius 2 is 1.94 bits per heavy atom. The van der Waals surface area contributed by atoms with Crippen molar-refractivity contribution in [2.75, 3.05) is 13.1 Å². The van der Waals surface area contributed by atoms with Crippen LogP contribution in [0.4, 0.5) is 4.79 Å². The van der Waals surface area contributed by atoms with E-state index in [4.69, 9.17) is 5.73 Å². The predicted molar refractivity (Wildman–Crippen MR) is 58.5 cm³/mol. The first-order valence-corrected chi connectivity index (χ1v) is 5.07. The molecule has 0 aromatic carbocycles. The maximum atomic E-state index is 11.3. The van der Waals surface area contributed by atoms with Crippen molar-refractivity contribution in [1.29, 1.82) is 0 Å². The van der Waals surface area contributed by atoms with E-state index in [-0.39, 0.29) is 12.5 Å². The van der Waals surface area contributed by atoms with Crippen molar-refractivity contribution in [3.05, 3.63) is 0 Å². The maximum absolute atomic E-state index is 11.3. The molecule has 0 bridgehead atoms. The van der Waals surface area contributed by atoms with Crippen molar-refractivity contribution in [1.82, 2.24) is 16.0 Å². The van der Waals surface area contributed by atoms with Crippen LogP contribution in [-0.4, -0.2) is 37.0 Å². The van der Waals surface area contributed by atoms with Crippen molar-refractivity contribution >= 4 is 17.8 Å². The number of hydrogen-bond acceptors (Lipinski definition) is 4. The molecule has 0 heterocycles. The largest absolute Gasteiger partial charge is 0.355 e. The monoisotopic (exact) mass is 230 g/mol. The van der Waals surface area contributed by atoms with Gasteiger partial charge in [0.15, 0.2) is 0 Å². The fourth-order valence-electron chi connectivity index (χ4n) is 0.921. The normalized spacial score (nSPS) is 11.6. The second-order valence-corrected chi connectivity index (χ2v) is 3.31. The molecule has 5 N–H and O–H groups in total. The summed E-state index contributed by atoms with van der Waals surface area (Å²) in [5.74, 6) is -0.753. The molecule has 0 aliphatic carbocycles. The van der Waals surface area contributed by atoms with E-state index in [1.807, 2.05) is 12.2 Å². The quantitative estimate of drug-likeness (QED) is 0.453.